The lowest BCUT2D eigenvalue weighted by Crippen LogP contribution is -2.50. The molecule has 1 saturated heterocycles. The van der Waals surface area contributed by atoms with Crippen LogP contribution in [0, 0.1) is 0 Å². The van der Waals surface area contributed by atoms with Crippen molar-refractivity contribution in [1.82, 2.24) is 9.91 Å². The van der Waals surface area contributed by atoms with Crippen LogP contribution in [0.3, 0.4) is 0 Å². The van der Waals surface area contributed by atoms with Crippen molar-refractivity contribution in [2.45, 2.75) is 25.3 Å². The molecule has 14 heavy (non-hydrogen) atoms. The number of carbonyl (C=O) groups is 1. The number of amides is 1. The SMILES string of the molecule is COC(=O)N(C)CC1CCCCN1N. The molecule has 2 N–H and O–H groups in total. The highest BCUT2D eigenvalue weighted by molar-refractivity contribution is 5.66. The number of hydrazine groups is 1. The van der Waals surface area contributed by atoms with E-state index in [0.717, 1.165) is 19.4 Å². The average molecular weight is 201 g/mol. The number of rotatable bonds is 2. The van der Waals surface area contributed by atoms with E-state index in [9.17, 15) is 4.79 Å². The second-order valence-electron chi connectivity index (χ2n) is 3.74. The summed E-state index contributed by atoms with van der Waals surface area (Å²) in [6.07, 6.45) is 3.09. The third-order valence-electron chi connectivity index (χ3n) is 2.64. The molecule has 0 saturated carbocycles. The molecule has 1 amide bonds. The largest absolute Gasteiger partial charge is 0.453 e. The lowest BCUT2D eigenvalue weighted by Gasteiger charge is -2.34. The van der Waals surface area contributed by atoms with Gasteiger partial charge in [-0.05, 0) is 12.8 Å². The Morgan fingerprint density at radius 2 is 2.36 bits per heavy atom. The predicted octanol–water partition coefficient (Wildman–Crippen LogP) is 0.413. The van der Waals surface area contributed by atoms with Gasteiger partial charge in [-0.3, -0.25) is 5.84 Å². The van der Waals surface area contributed by atoms with Crippen molar-refractivity contribution in [2.24, 2.45) is 5.84 Å². The summed E-state index contributed by atoms with van der Waals surface area (Å²) in [6.45, 7) is 1.56. The van der Waals surface area contributed by atoms with E-state index in [2.05, 4.69) is 4.74 Å². The van der Waals surface area contributed by atoms with E-state index in [0.29, 0.717) is 6.54 Å². The van der Waals surface area contributed by atoms with Gasteiger partial charge in [-0.25, -0.2) is 9.80 Å². The first-order valence-corrected chi connectivity index (χ1v) is 4.95. The van der Waals surface area contributed by atoms with E-state index < -0.39 is 0 Å². The molecule has 0 aromatic heterocycles. The van der Waals surface area contributed by atoms with Gasteiger partial charge < -0.3 is 9.64 Å². The zero-order chi connectivity index (χ0) is 10.6. The molecule has 5 heteroatoms. The Bertz CT molecular complexity index is 198. The summed E-state index contributed by atoms with van der Waals surface area (Å²) in [5.41, 5.74) is 0. The molecule has 1 heterocycles. The fourth-order valence-electron chi connectivity index (χ4n) is 1.77. The Balaban J connectivity index is 2.38. The lowest BCUT2D eigenvalue weighted by molar-refractivity contribution is 0.0939. The van der Waals surface area contributed by atoms with Crippen molar-refractivity contribution in [3.63, 3.8) is 0 Å². The smallest absolute Gasteiger partial charge is 0.409 e. The Morgan fingerprint density at radius 3 is 2.93 bits per heavy atom. The number of hydrogen-bond acceptors (Lipinski definition) is 4. The van der Waals surface area contributed by atoms with Crippen LogP contribution in [-0.4, -0.2) is 49.3 Å². The molecule has 0 aliphatic carbocycles. The molecule has 0 aromatic rings. The predicted molar refractivity (Wildman–Crippen MR) is 53.6 cm³/mol. The van der Waals surface area contributed by atoms with E-state index in [-0.39, 0.29) is 12.1 Å². The van der Waals surface area contributed by atoms with Gasteiger partial charge in [0.1, 0.15) is 0 Å². The summed E-state index contributed by atoms with van der Waals surface area (Å²) < 4.78 is 4.62. The molecule has 1 atom stereocenters. The monoisotopic (exact) mass is 201 g/mol. The van der Waals surface area contributed by atoms with Crippen molar-refractivity contribution in [3.8, 4) is 0 Å². The maximum Gasteiger partial charge on any atom is 0.409 e. The molecule has 0 spiro atoms. The average Bonchev–Trinajstić information content (AvgIpc) is 2.20. The molecule has 82 valence electrons. The topological polar surface area (TPSA) is 58.8 Å². The first kappa shape index (κ1) is 11.3. The molecule has 1 rings (SSSR count). The summed E-state index contributed by atoms with van der Waals surface area (Å²) >= 11 is 0. The van der Waals surface area contributed by atoms with Gasteiger partial charge in [0.15, 0.2) is 0 Å². The van der Waals surface area contributed by atoms with Crippen LogP contribution in [0.15, 0.2) is 0 Å². The molecule has 0 aromatic carbocycles. The van der Waals surface area contributed by atoms with Gasteiger partial charge in [-0.1, -0.05) is 6.42 Å². The molecular weight excluding hydrogens is 182 g/mol. The van der Waals surface area contributed by atoms with Crippen molar-refractivity contribution >= 4 is 6.09 Å². The number of likely N-dealkylation sites (N-methyl/N-ethyl adjacent to an activating group) is 1. The number of carbonyl (C=O) groups excluding carboxylic acids is 1. The Morgan fingerprint density at radius 1 is 1.64 bits per heavy atom. The van der Waals surface area contributed by atoms with Crippen LogP contribution in [0.2, 0.25) is 0 Å². The van der Waals surface area contributed by atoms with Crippen LogP contribution in [0.4, 0.5) is 4.79 Å². The van der Waals surface area contributed by atoms with Crippen molar-refractivity contribution < 1.29 is 9.53 Å². The fraction of sp³-hybridized carbons (Fsp3) is 0.889. The summed E-state index contributed by atoms with van der Waals surface area (Å²) in [5.74, 6) is 5.82. The van der Waals surface area contributed by atoms with Crippen LogP contribution < -0.4 is 5.84 Å². The molecule has 1 fully saturated rings. The summed E-state index contributed by atoms with van der Waals surface area (Å²) in [5, 5.41) is 1.82. The van der Waals surface area contributed by atoms with E-state index in [1.807, 2.05) is 5.01 Å². The third-order valence-corrected chi connectivity index (χ3v) is 2.64. The van der Waals surface area contributed by atoms with E-state index >= 15 is 0 Å². The lowest BCUT2D eigenvalue weighted by atomic mass is 10.0. The molecule has 5 nitrogen and oxygen atoms in total. The van der Waals surface area contributed by atoms with Gasteiger partial charge in [0, 0.05) is 26.2 Å². The standard InChI is InChI=1S/C9H19N3O2/c1-11(9(13)14-2)7-8-5-3-4-6-12(8)10/h8H,3-7,10H2,1-2H3. The highest BCUT2D eigenvalue weighted by Crippen LogP contribution is 2.14. The van der Waals surface area contributed by atoms with Gasteiger partial charge in [-0.15, -0.1) is 0 Å². The van der Waals surface area contributed by atoms with Crippen LogP contribution in [0.5, 0.6) is 0 Å². The number of methoxy groups -OCH3 is 1. The zero-order valence-corrected chi connectivity index (χ0v) is 8.90. The summed E-state index contributed by atoms with van der Waals surface area (Å²) in [7, 11) is 3.12. The fourth-order valence-corrected chi connectivity index (χ4v) is 1.77. The second-order valence-corrected chi connectivity index (χ2v) is 3.74. The minimum atomic E-state index is -0.302. The normalized spacial score (nSPS) is 23.2. The first-order chi connectivity index (χ1) is 6.65. The number of nitrogens with zero attached hydrogens (tertiary/aromatic N) is 2. The van der Waals surface area contributed by atoms with Gasteiger partial charge in [0.2, 0.25) is 0 Å². The molecular formula is C9H19N3O2. The van der Waals surface area contributed by atoms with Crippen molar-refractivity contribution in [1.29, 1.82) is 0 Å². The quantitative estimate of drug-likeness (QED) is 0.657. The minimum absolute atomic E-state index is 0.271. The Hall–Kier alpha value is -0.810. The molecule has 1 unspecified atom stereocenters. The van der Waals surface area contributed by atoms with Crippen molar-refractivity contribution in [3.05, 3.63) is 0 Å². The van der Waals surface area contributed by atoms with Gasteiger partial charge in [0.05, 0.1) is 7.11 Å². The second kappa shape index (κ2) is 5.17. The molecule has 1 aliphatic heterocycles. The highest BCUT2D eigenvalue weighted by Gasteiger charge is 2.22. The number of ether oxygens (including phenoxy) is 1. The van der Waals surface area contributed by atoms with Gasteiger partial charge >= 0.3 is 6.09 Å². The maximum absolute atomic E-state index is 11.1. The summed E-state index contributed by atoms with van der Waals surface area (Å²) in [4.78, 5) is 12.7. The number of hydrogen-bond donors (Lipinski definition) is 1. The molecule has 0 bridgehead atoms. The van der Waals surface area contributed by atoms with Crippen LogP contribution in [-0.2, 0) is 4.74 Å². The van der Waals surface area contributed by atoms with Crippen molar-refractivity contribution in [2.75, 3.05) is 27.2 Å². The summed E-state index contributed by atoms with van der Waals surface area (Å²) in [6, 6.07) is 0.271. The third kappa shape index (κ3) is 2.85. The van der Waals surface area contributed by atoms with Gasteiger partial charge in [-0.2, -0.15) is 0 Å². The number of nitrogens with two attached hydrogens (primary N) is 1. The first-order valence-electron chi connectivity index (χ1n) is 4.95. The van der Waals surface area contributed by atoms with E-state index in [1.165, 1.54) is 13.5 Å². The van der Waals surface area contributed by atoms with Crippen LogP contribution in [0.1, 0.15) is 19.3 Å². The van der Waals surface area contributed by atoms with Crippen LogP contribution in [0.25, 0.3) is 0 Å². The van der Waals surface area contributed by atoms with E-state index in [1.54, 1.807) is 11.9 Å². The zero-order valence-electron chi connectivity index (χ0n) is 8.90. The maximum atomic E-state index is 11.1. The Labute approximate surface area is 84.8 Å². The minimum Gasteiger partial charge on any atom is -0.453 e. The molecule has 0 radical (unpaired) electrons. The Kier molecular flexibility index (Phi) is 4.16. The van der Waals surface area contributed by atoms with Crippen LogP contribution >= 0.6 is 0 Å². The van der Waals surface area contributed by atoms with Gasteiger partial charge in [0.25, 0.3) is 0 Å². The molecule has 1 aliphatic rings. The highest BCUT2D eigenvalue weighted by atomic mass is 16.5. The number of piperidine rings is 1. The van der Waals surface area contributed by atoms with E-state index in [4.69, 9.17) is 5.84 Å².